The molecule has 2 aromatic rings. The molecule has 0 atom stereocenters. The molecule has 152 valence electrons. The van der Waals surface area contributed by atoms with Crippen LogP contribution in [-0.4, -0.2) is 38.3 Å². The molecule has 8 heteroatoms. The summed E-state index contributed by atoms with van der Waals surface area (Å²) in [6.45, 7) is 6.40. The minimum Gasteiger partial charge on any atom is -0.376 e. The van der Waals surface area contributed by atoms with E-state index in [1.54, 1.807) is 51.1 Å². The van der Waals surface area contributed by atoms with Gasteiger partial charge in [-0.15, -0.1) is 0 Å². The summed E-state index contributed by atoms with van der Waals surface area (Å²) in [7, 11) is -3.58. The fourth-order valence-corrected chi connectivity index (χ4v) is 4.45. The Morgan fingerprint density at radius 3 is 2.32 bits per heavy atom. The van der Waals surface area contributed by atoms with Crippen LogP contribution in [0.15, 0.2) is 47.4 Å². The van der Waals surface area contributed by atoms with E-state index in [9.17, 15) is 17.6 Å². The van der Waals surface area contributed by atoms with Crippen LogP contribution in [0.1, 0.15) is 25.0 Å². The summed E-state index contributed by atoms with van der Waals surface area (Å²) in [5, 5.41) is 5.68. The van der Waals surface area contributed by atoms with Crippen LogP contribution in [0.5, 0.6) is 0 Å². The van der Waals surface area contributed by atoms with Gasteiger partial charge < -0.3 is 10.6 Å². The third-order valence-corrected chi connectivity index (χ3v) is 6.56. The number of amides is 1. The van der Waals surface area contributed by atoms with Gasteiger partial charge >= 0.3 is 0 Å². The Bertz CT molecular complexity index is 911. The first-order chi connectivity index (χ1) is 13.3. The third kappa shape index (κ3) is 5.53. The Morgan fingerprint density at radius 2 is 1.71 bits per heavy atom. The van der Waals surface area contributed by atoms with Crippen LogP contribution in [-0.2, 0) is 21.4 Å². The monoisotopic (exact) mass is 407 g/mol. The number of hydrogen-bond acceptors (Lipinski definition) is 4. The van der Waals surface area contributed by atoms with Gasteiger partial charge in [-0.05, 0) is 42.3 Å². The van der Waals surface area contributed by atoms with E-state index >= 15 is 0 Å². The normalized spacial score (nSPS) is 11.5. The van der Waals surface area contributed by atoms with Gasteiger partial charge in [0.05, 0.1) is 11.4 Å². The van der Waals surface area contributed by atoms with Crippen LogP contribution in [0.2, 0.25) is 0 Å². The molecule has 0 saturated carbocycles. The van der Waals surface area contributed by atoms with E-state index < -0.39 is 10.0 Å². The number of nitrogens with zero attached hydrogens (tertiary/aromatic N) is 1. The number of sulfonamides is 1. The molecule has 0 heterocycles. The molecule has 0 spiro atoms. The average molecular weight is 408 g/mol. The molecule has 28 heavy (non-hydrogen) atoms. The fraction of sp³-hybridized carbons (Fsp3) is 0.350. The lowest BCUT2D eigenvalue weighted by Crippen LogP contribution is -2.31. The molecule has 0 aliphatic carbocycles. The van der Waals surface area contributed by atoms with Gasteiger partial charge in [0.25, 0.3) is 0 Å². The number of carbonyl (C=O) groups excluding carboxylic acids is 1. The summed E-state index contributed by atoms with van der Waals surface area (Å²) >= 11 is 0. The van der Waals surface area contributed by atoms with Gasteiger partial charge in [0.2, 0.25) is 15.9 Å². The smallest absolute Gasteiger partial charge is 0.243 e. The minimum absolute atomic E-state index is 0.00495. The van der Waals surface area contributed by atoms with Crippen molar-refractivity contribution in [3.05, 3.63) is 59.4 Å². The summed E-state index contributed by atoms with van der Waals surface area (Å²) in [5.74, 6) is -0.579. The second-order valence-electron chi connectivity index (χ2n) is 6.33. The number of nitrogens with one attached hydrogen (secondary N) is 2. The molecule has 2 aromatic carbocycles. The van der Waals surface area contributed by atoms with Crippen LogP contribution in [0.25, 0.3) is 0 Å². The van der Waals surface area contributed by atoms with E-state index in [4.69, 9.17) is 0 Å². The van der Waals surface area contributed by atoms with Gasteiger partial charge in [-0.3, -0.25) is 4.79 Å². The number of carbonyl (C=O) groups is 1. The fourth-order valence-electron chi connectivity index (χ4n) is 2.74. The first-order valence-electron chi connectivity index (χ1n) is 9.13. The lowest BCUT2D eigenvalue weighted by atomic mass is 10.2. The van der Waals surface area contributed by atoms with E-state index in [-0.39, 0.29) is 29.7 Å². The van der Waals surface area contributed by atoms with E-state index in [1.165, 1.54) is 16.4 Å². The van der Waals surface area contributed by atoms with Crippen molar-refractivity contribution in [3.63, 3.8) is 0 Å². The number of halogens is 1. The quantitative estimate of drug-likeness (QED) is 0.670. The lowest BCUT2D eigenvalue weighted by molar-refractivity contribution is -0.119. The molecule has 0 aromatic heterocycles. The molecule has 0 aliphatic heterocycles. The molecule has 2 N–H and O–H groups in total. The topological polar surface area (TPSA) is 78.5 Å². The molecule has 1 amide bonds. The maximum atomic E-state index is 12.9. The molecule has 0 radical (unpaired) electrons. The Kier molecular flexibility index (Phi) is 7.53. The summed E-state index contributed by atoms with van der Waals surface area (Å²) < 4.78 is 39.9. The highest BCUT2D eigenvalue weighted by atomic mass is 32.2. The second-order valence-corrected chi connectivity index (χ2v) is 8.23. The first-order valence-corrected chi connectivity index (χ1v) is 10.6. The van der Waals surface area contributed by atoms with Gasteiger partial charge in [0, 0.05) is 25.3 Å². The zero-order chi connectivity index (χ0) is 20.7. The Labute approximate surface area is 165 Å². The van der Waals surface area contributed by atoms with Gasteiger partial charge in [-0.25, -0.2) is 12.8 Å². The Hall–Kier alpha value is -2.45. The maximum Gasteiger partial charge on any atom is 0.243 e. The summed E-state index contributed by atoms with van der Waals surface area (Å²) in [5.41, 5.74) is 1.99. The molecular formula is C20H26FN3O3S. The molecule has 0 bridgehead atoms. The van der Waals surface area contributed by atoms with Crippen molar-refractivity contribution < 1.29 is 17.6 Å². The van der Waals surface area contributed by atoms with Crippen LogP contribution >= 0.6 is 0 Å². The number of rotatable bonds is 9. The molecule has 0 saturated heterocycles. The number of aryl methyl sites for hydroxylation is 1. The molecular weight excluding hydrogens is 381 g/mol. The standard InChI is InChI=1S/C20H26FN3O3S/c1-4-24(5-2)28(26,27)19-12-18(11-6-15(19)3)22-14-20(25)23-13-16-7-9-17(21)10-8-16/h6-12,22H,4-5,13-14H2,1-3H3,(H,23,25). The molecule has 0 aliphatic rings. The second kappa shape index (κ2) is 9.66. The zero-order valence-corrected chi connectivity index (χ0v) is 17.1. The highest BCUT2D eigenvalue weighted by Gasteiger charge is 2.23. The molecule has 6 nitrogen and oxygen atoms in total. The average Bonchev–Trinajstić information content (AvgIpc) is 2.67. The van der Waals surface area contributed by atoms with Crippen molar-refractivity contribution in [2.45, 2.75) is 32.2 Å². The maximum absolute atomic E-state index is 12.9. The number of benzene rings is 2. The predicted molar refractivity (Wildman–Crippen MR) is 108 cm³/mol. The van der Waals surface area contributed by atoms with Crippen molar-refractivity contribution in [1.82, 2.24) is 9.62 Å². The minimum atomic E-state index is -3.58. The van der Waals surface area contributed by atoms with Gasteiger partial charge in [0.15, 0.2) is 0 Å². The third-order valence-electron chi connectivity index (χ3n) is 4.37. The number of anilines is 1. The van der Waals surface area contributed by atoms with Gasteiger partial charge in [-0.2, -0.15) is 4.31 Å². The molecule has 0 unspecified atom stereocenters. The summed E-state index contributed by atoms with van der Waals surface area (Å²) in [4.78, 5) is 12.3. The first kappa shape index (κ1) is 21.8. The van der Waals surface area contributed by atoms with E-state index in [0.29, 0.717) is 24.3 Å². The Balaban J connectivity index is 2.01. The van der Waals surface area contributed by atoms with Crippen molar-refractivity contribution >= 4 is 21.6 Å². The van der Waals surface area contributed by atoms with Crippen molar-refractivity contribution in [1.29, 1.82) is 0 Å². The summed E-state index contributed by atoms with van der Waals surface area (Å²) in [6.07, 6.45) is 0. The van der Waals surface area contributed by atoms with Crippen molar-refractivity contribution in [3.8, 4) is 0 Å². The zero-order valence-electron chi connectivity index (χ0n) is 16.3. The largest absolute Gasteiger partial charge is 0.376 e. The van der Waals surface area contributed by atoms with E-state index in [0.717, 1.165) is 5.56 Å². The lowest BCUT2D eigenvalue weighted by Gasteiger charge is -2.20. The van der Waals surface area contributed by atoms with Crippen molar-refractivity contribution in [2.24, 2.45) is 0 Å². The molecule has 0 fully saturated rings. The van der Waals surface area contributed by atoms with Crippen LogP contribution in [0, 0.1) is 12.7 Å². The van der Waals surface area contributed by atoms with Crippen LogP contribution in [0.4, 0.5) is 10.1 Å². The predicted octanol–water partition coefficient (Wildman–Crippen LogP) is 2.89. The number of hydrogen-bond donors (Lipinski definition) is 2. The Morgan fingerprint density at radius 1 is 1.07 bits per heavy atom. The van der Waals surface area contributed by atoms with Crippen LogP contribution < -0.4 is 10.6 Å². The van der Waals surface area contributed by atoms with Crippen LogP contribution in [0.3, 0.4) is 0 Å². The SMILES string of the molecule is CCN(CC)S(=O)(=O)c1cc(NCC(=O)NCc2ccc(F)cc2)ccc1C. The highest BCUT2D eigenvalue weighted by Crippen LogP contribution is 2.23. The molecule has 2 rings (SSSR count). The van der Waals surface area contributed by atoms with E-state index in [1.807, 2.05) is 0 Å². The van der Waals surface area contributed by atoms with E-state index in [2.05, 4.69) is 10.6 Å². The van der Waals surface area contributed by atoms with Gasteiger partial charge in [-0.1, -0.05) is 32.0 Å². The highest BCUT2D eigenvalue weighted by molar-refractivity contribution is 7.89. The van der Waals surface area contributed by atoms with Gasteiger partial charge in [0.1, 0.15) is 5.82 Å². The van der Waals surface area contributed by atoms with Crippen molar-refractivity contribution in [2.75, 3.05) is 25.0 Å². The summed E-state index contributed by atoms with van der Waals surface area (Å²) in [6, 6.07) is 10.9.